The molecule has 0 saturated carbocycles. The lowest BCUT2D eigenvalue weighted by molar-refractivity contribution is -0.0382. The summed E-state index contributed by atoms with van der Waals surface area (Å²) in [7, 11) is 0. The van der Waals surface area contributed by atoms with Gasteiger partial charge in [-0.3, -0.25) is 9.67 Å². The van der Waals surface area contributed by atoms with Gasteiger partial charge in [-0.25, -0.2) is 4.39 Å². The quantitative estimate of drug-likeness (QED) is 0.863. The highest BCUT2D eigenvalue weighted by molar-refractivity contribution is 9.10. The van der Waals surface area contributed by atoms with Crippen LogP contribution in [0.2, 0.25) is 0 Å². The normalized spacial score (nSPS) is 22.4. The molecule has 0 amide bonds. The fraction of sp³-hybridized carbons (Fsp3) is 0.385. The molecule has 106 valence electrons. The highest BCUT2D eigenvalue weighted by atomic mass is 79.9. The summed E-state index contributed by atoms with van der Waals surface area (Å²) in [5.41, 5.74) is 1.05. The second kappa shape index (κ2) is 4.91. The fourth-order valence-electron chi connectivity index (χ4n) is 2.16. The summed E-state index contributed by atoms with van der Waals surface area (Å²) in [4.78, 5) is 4.03. The van der Waals surface area contributed by atoms with Crippen LogP contribution in [0.3, 0.4) is 0 Å². The number of pyridine rings is 1. The Morgan fingerprint density at radius 3 is 3.00 bits per heavy atom. The van der Waals surface area contributed by atoms with E-state index >= 15 is 0 Å². The molecular weight excluding hydrogens is 329 g/mol. The van der Waals surface area contributed by atoms with Gasteiger partial charge in [0.1, 0.15) is 17.1 Å². The van der Waals surface area contributed by atoms with Crippen LogP contribution in [-0.2, 0) is 17.9 Å². The van der Waals surface area contributed by atoms with Gasteiger partial charge in [-0.1, -0.05) is 0 Å². The number of rotatable bonds is 1. The zero-order chi connectivity index (χ0) is 14.3. The van der Waals surface area contributed by atoms with E-state index in [1.807, 2.05) is 0 Å². The predicted molar refractivity (Wildman–Crippen MR) is 73.4 cm³/mol. The maximum atomic E-state index is 12.9. The van der Waals surface area contributed by atoms with Crippen molar-refractivity contribution in [3.05, 3.63) is 34.3 Å². The lowest BCUT2D eigenvalue weighted by Gasteiger charge is -2.19. The van der Waals surface area contributed by atoms with Crippen LogP contribution in [0.25, 0.3) is 11.4 Å². The lowest BCUT2D eigenvalue weighted by Crippen LogP contribution is -2.34. The minimum absolute atomic E-state index is 0.257. The van der Waals surface area contributed by atoms with E-state index in [2.05, 4.69) is 26.0 Å². The molecule has 0 spiro atoms. The molecule has 1 aliphatic rings. The van der Waals surface area contributed by atoms with Crippen molar-refractivity contribution in [3.63, 3.8) is 0 Å². The van der Waals surface area contributed by atoms with Gasteiger partial charge in [-0.15, -0.1) is 0 Å². The first-order valence-corrected chi connectivity index (χ1v) is 6.93. The topological polar surface area (TPSA) is 60.2 Å². The molecule has 7 heteroatoms. The summed E-state index contributed by atoms with van der Waals surface area (Å²) in [6.07, 6.45) is 1.15. The molecule has 20 heavy (non-hydrogen) atoms. The minimum Gasteiger partial charge on any atom is -0.386 e. The van der Waals surface area contributed by atoms with Crippen LogP contribution in [-0.4, -0.2) is 32.1 Å². The molecule has 0 aromatic carbocycles. The van der Waals surface area contributed by atoms with Crippen molar-refractivity contribution in [2.24, 2.45) is 0 Å². The molecule has 1 N–H and O–H groups in total. The third-order valence-electron chi connectivity index (χ3n) is 3.11. The number of aliphatic hydroxyl groups is 1. The van der Waals surface area contributed by atoms with E-state index in [9.17, 15) is 9.50 Å². The zero-order valence-corrected chi connectivity index (χ0v) is 12.4. The van der Waals surface area contributed by atoms with E-state index in [-0.39, 0.29) is 6.61 Å². The first-order valence-electron chi connectivity index (χ1n) is 6.13. The Labute approximate surface area is 123 Å². The Hall–Kier alpha value is -1.31. The van der Waals surface area contributed by atoms with Crippen LogP contribution >= 0.6 is 15.9 Å². The molecule has 2 aromatic heterocycles. The standard InChI is InChI=1S/C13H13BrFN3O2/c1-13(19)6-18-10(5-20-7-13)11(14)12(17-18)9-3-2-8(15)4-16-9/h2-4,19H,5-7H2,1H3. The summed E-state index contributed by atoms with van der Waals surface area (Å²) >= 11 is 3.49. The Kier molecular flexibility index (Phi) is 3.35. The van der Waals surface area contributed by atoms with Gasteiger partial charge in [0.2, 0.25) is 0 Å². The van der Waals surface area contributed by atoms with Gasteiger partial charge >= 0.3 is 0 Å². The highest BCUT2D eigenvalue weighted by Crippen LogP contribution is 2.32. The van der Waals surface area contributed by atoms with E-state index in [0.29, 0.717) is 24.5 Å². The third-order valence-corrected chi connectivity index (χ3v) is 3.94. The molecule has 0 aliphatic carbocycles. The number of hydrogen-bond donors (Lipinski definition) is 1. The highest BCUT2D eigenvalue weighted by Gasteiger charge is 2.29. The second-order valence-corrected chi connectivity index (χ2v) is 5.91. The molecule has 0 radical (unpaired) electrons. The summed E-state index contributed by atoms with van der Waals surface area (Å²) in [5.74, 6) is -0.392. The summed E-state index contributed by atoms with van der Waals surface area (Å²) in [6, 6.07) is 2.91. The van der Waals surface area contributed by atoms with Crippen molar-refractivity contribution in [2.75, 3.05) is 6.61 Å². The maximum Gasteiger partial charge on any atom is 0.141 e. The van der Waals surface area contributed by atoms with Gasteiger partial charge < -0.3 is 9.84 Å². The van der Waals surface area contributed by atoms with Crippen molar-refractivity contribution in [1.82, 2.24) is 14.8 Å². The number of hydrogen-bond acceptors (Lipinski definition) is 4. The number of fused-ring (bicyclic) bond motifs is 1. The largest absolute Gasteiger partial charge is 0.386 e. The van der Waals surface area contributed by atoms with Crippen molar-refractivity contribution < 1.29 is 14.2 Å². The van der Waals surface area contributed by atoms with Crippen LogP contribution in [0.4, 0.5) is 4.39 Å². The third kappa shape index (κ3) is 2.48. The van der Waals surface area contributed by atoms with Crippen LogP contribution in [0.5, 0.6) is 0 Å². The van der Waals surface area contributed by atoms with Crippen LogP contribution in [0.1, 0.15) is 12.6 Å². The fourth-order valence-corrected chi connectivity index (χ4v) is 2.76. The van der Waals surface area contributed by atoms with E-state index in [4.69, 9.17) is 4.74 Å². The van der Waals surface area contributed by atoms with Gasteiger partial charge in [-0.05, 0) is 35.0 Å². The minimum atomic E-state index is -0.968. The second-order valence-electron chi connectivity index (χ2n) is 5.12. The molecule has 3 heterocycles. The zero-order valence-electron chi connectivity index (χ0n) is 10.8. The average molecular weight is 342 g/mol. The van der Waals surface area contributed by atoms with Gasteiger partial charge in [0.05, 0.1) is 41.8 Å². The Morgan fingerprint density at radius 1 is 1.50 bits per heavy atom. The lowest BCUT2D eigenvalue weighted by atomic mass is 10.1. The smallest absolute Gasteiger partial charge is 0.141 e. The van der Waals surface area contributed by atoms with Crippen molar-refractivity contribution >= 4 is 15.9 Å². The van der Waals surface area contributed by atoms with Crippen molar-refractivity contribution in [2.45, 2.75) is 25.7 Å². The average Bonchev–Trinajstić information content (AvgIpc) is 2.59. The predicted octanol–water partition coefficient (Wildman–Crippen LogP) is 2.13. The molecular formula is C13H13BrFN3O2. The van der Waals surface area contributed by atoms with E-state index in [1.54, 1.807) is 17.7 Å². The summed E-state index contributed by atoms with van der Waals surface area (Å²) in [6.45, 7) is 2.65. The molecule has 5 nitrogen and oxygen atoms in total. The molecule has 2 aromatic rings. The molecule has 0 bridgehead atoms. The van der Waals surface area contributed by atoms with Gasteiger partial charge in [0.15, 0.2) is 0 Å². The van der Waals surface area contributed by atoms with Crippen LogP contribution in [0, 0.1) is 5.82 Å². The Morgan fingerprint density at radius 2 is 2.30 bits per heavy atom. The van der Waals surface area contributed by atoms with E-state index in [0.717, 1.165) is 16.4 Å². The van der Waals surface area contributed by atoms with E-state index < -0.39 is 11.4 Å². The molecule has 0 saturated heterocycles. The Bertz CT molecular complexity index is 640. The summed E-state index contributed by atoms with van der Waals surface area (Å²) in [5, 5.41) is 14.6. The number of aromatic nitrogens is 3. The molecule has 0 fully saturated rings. The molecule has 3 rings (SSSR count). The van der Waals surface area contributed by atoms with Gasteiger partial charge in [0.25, 0.3) is 0 Å². The van der Waals surface area contributed by atoms with Crippen molar-refractivity contribution in [1.29, 1.82) is 0 Å². The molecule has 1 aliphatic heterocycles. The number of nitrogens with zero attached hydrogens (tertiary/aromatic N) is 3. The maximum absolute atomic E-state index is 12.9. The number of ether oxygens (including phenoxy) is 1. The van der Waals surface area contributed by atoms with Gasteiger partial charge in [0, 0.05) is 0 Å². The first-order chi connectivity index (χ1) is 9.46. The van der Waals surface area contributed by atoms with Crippen LogP contribution in [0.15, 0.2) is 22.8 Å². The monoisotopic (exact) mass is 341 g/mol. The van der Waals surface area contributed by atoms with Crippen LogP contribution < -0.4 is 0 Å². The SMILES string of the molecule is CC1(O)COCc2c(Br)c(-c3ccc(F)cn3)nn2C1. The van der Waals surface area contributed by atoms with E-state index in [1.165, 1.54) is 6.07 Å². The van der Waals surface area contributed by atoms with Crippen molar-refractivity contribution in [3.8, 4) is 11.4 Å². The Balaban J connectivity index is 2.05. The summed E-state index contributed by atoms with van der Waals surface area (Å²) < 4.78 is 20.9. The molecule has 1 atom stereocenters. The van der Waals surface area contributed by atoms with Gasteiger partial charge in [-0.2, -0.15) is 5.10 Å². The first kappa shape index (κ1) is 13.7. The number of halogens is 2. The molecule has 1 unspecified atom stereocenters.